The number of para-hydroxylation sites is 1. The van der Waals surface area contributed by atoms with Gasteiger partial charge in [-0.05, 0) is 69.7 Å². The summed E-state index contributed by atoms with van der Waals surface area (Å²) in [6, 6.07) is 20.1. The Labute approximate surface area is 320 Å². The van der Waals surface area contributed by atoms with E-state index in [0.29, 0.717) is 56.8 Å². The minimum absolute atomic E-state index is 0.00975. The number of aliphatic hydroxyl groups excluding tert-OH is 1. The molecule has 4 rings (SSSR count). The first kappa shape index (κ1) is 42.4. The van der Waals surface area contributed by atoms with Crippen molar-refractivity contribution in [1.29, 1.82) is 0 Å². The van der Waals surface area contributed by atoms with Gasteiger partial charge in [0.2, 0.25) is 0 Å². The molecule has 0 spiro atoms. The number of ether oxygens (including phenoxy) is 6. The van der Waals surface area contributed by atoms with Crippen LogP contribution in [0.2, 0.25) is 0 Å². The average molecular weight is 764 g/mol. The van der Waals surface area contributed by atoms with Gasteiger partial charge in [0.25, 0.3) is 5.69 Å². The summed E-state index contributed by atoms with van der Waals surface area (Å²) in [5.74, 6) is -2.81. The second kappa shape index (κ2) is 21.5. The quantitative estimate of drug-likeness (QED) is 0.0500. The molecule has 55 heavy (non-hydrogen) atoms. The fraction of sp³-hybridized carbons (Fsp3) is 0.425. The minimum Gasteiger partial charge on any atom is -0.492 e. The molecule has 0 fully saturated rings. The smallest absolute Gasteiger partial charge is 0.336 e. The van der Waals surface area contributed by atoms with E-state index in [1.54, 1.807) is 37.3 Å². The zero-order chi connectivity index (χ0) is 39.7. The van der Waals surface area contributed by atoms with Crippen LogP contribution in [0, 0.1) is 16.0 Å². The van der Waals surface area contributed by atoms with Gasteiger partial charge in [-0.3, -0.25) is 19.9 Å². The largest absolute Gasteiger partial charge is 0.492 e. The van der Waals surface area contributed by atoms with Crippen molar-refractivity contribution in [3.05, 3.63) is 105 Å². The first-order chi connectivity index (χ1) is 26.4. The normalized spacial score (nSPS) is 16.0. The van der Waals surface area contributed by atoms with Crippen LogP contribution in [0.5, 0.6) is 17.2 Å². The number of nitrogens with zero attached hydrogens (tertiary/aromatic N) is 2. The number of aliphatic hydroxyl groups is 1. The topological polar surface area (TPSA) is 198 Å². The molecule has 3 aromatic carbocycles. The number of carbonyl (C=O) groups is 2. The second-order valence-electron chi connectivity index (χ2n) is 13.0. The Balaban J connectivity index is 1.14. The van der Waals surface area contributed by atoms with E-state index in [-0.39, 0.29) is 54.2 Å². The fourth-order valence-corrected chi connectivity index (χ4v) is 5.85. The Bertz CT molecular complexity index is 1780. The van der Waals surface area contributed by atoms with Crippen LogP contribution < -0.4 is 19.5 Å². The van der Waals surface area contributed by atoms with E-state index in [1.807, 2.05) is 38.1 Å². The Morgan fingerprint density at radius 2 is 1.51 bits per heavy atom. The van der Waals surface area contributed by atoms with Crippen molar-refractivity contribution in [2.24, 2.45) is 10.9 Å². The van der Waals surface area contributed by atoms with Crippen LogP contribution in [-0.2, 0) is 30.4 Å². The number of rotatable bonds is 23. The van der Waals surface area contributed by atoms with Crippen LogP contribution in [0.4, 0.5) is 5.69 Å². The number of hydrogen-bond donors (Lipinski definition) is 3. The molecular formula is C40H49N3O12. The van der Waals surface area contributed by atoms with Crippen LogP contribution in [0.25, 0.3) is 0 Å². The van der Waals surface area contributed by atoms with Gasteiger partial charge in [-0.15, -0.1) is 0 Å². The van der Waals surface area contributed by atoms with Gasteiger partial charge in [0.15, 0.2) is 0 Å². The number of nitro groups is 1. The Morgan fingerprint density at radius 3 is 2.16 bits per heavy atom. The van der Waals surface area contributed by atoms with Crippen molar-refractivity contribution in [3.8, 4) is 17.2 Å². The van der Waals surface area contributed by atoms with E-state index in [9.17, 15) is 29.9 Å². The highest BCUT2D eigenvalue weighted by Gasteiger charge is 2.44. The van der Waals surface area contributed by atoms with Gasteiger partial charge >= 0.3 is 11.9 Å². The SMILES string of the molecule is CC1=NC(C)=C(C(=O)OCCOc2ccc(OCCNCC(O)COc3ccc(COCCOC(C)C)cc3)cc2)C(c2ccccc2[N+](=O)[O-])C1C(=O)O. The number of carbonyl (C=O) groups excluding carboxylic acids is 1. The van der Waals surface area contributed by atoms with Crippen LogP contribution >= 0.6 is 0 Å². The molecule has 0 radical (unpaired) electrons. The first-order valence-electron chi connectivity index (χ1n) is 18.0. The lowest BCUT2D eigenvalue weighted by Gasteiger charge is -2.30. The summed E-state index contributed by atoms with van der Waals surface area (Å²) in [6.07, 6.45) is -0.533. The van der Waals surface area contributed by atoms with E-state index in [1.165, 1.54) is 25.1 Å². The highest BCUT2D eigenvalue weighted by atomic mass is 16.6. The summed E-state index contributed by atoms with van der Waals surface area (Å²) in [5.41, 5.74) is 1.19. The number of nitrogens with one attached hydrogen (secondary N) is 1. The van der Waals surface area contributed by atoms with Gasteiger partial charge in [-0.25, -0.2) is 4.79 Å². The van der Waals surface area contributed by atoms with Gasteiger partial charge in [0, 0.05) is 42.0 Å². The van der Waals surface area contributed by atoms with Gasteiger partial charge < -0.3 is 44.0 Å². The molecule has 0 amide bonds. The highest BCUT2D eigenvalue weighted by Crippen LogP contribution is 2.42. The van der Waals surface area contributed by atoms with Gasteiger partial charge in [0.05, 0.1) is 36.4 Å². The molecule has 0 bridgehead atoms. The van der Waals surface area contributed by atoms with E-state index < -0.39 is 34.8 Å². The number of aliphatic imine (C=N–C) groups is 1. The molecule has 3 aromatic rings. The number of nitro benzene ring substituents is 1. The number of esters is 1. The summed E-state index contributed by atoms with van der Waals surface area (Å²) < 4.78 is 33.7. The monoisotopic (exact) mass is 763 g/mol. The second-order valence-corrected chi connectivity index (χ2v) is 13.0. The van der Waals surface area contributed by atoms with Crippen molar-refractivity contribution in [1.82, 2.24) is 5.32 Å². The number of hydrogen-bond acceptors (Lipinski definition) is 13. The van der Waals surface area contributed by atoms with E-state index in [2.05, 4.69) is 10.3 Å². The molecule has 1 aliphatic rings. The van der Waals surface area contributed by atoms with Gasteiger partial charge in [-0.1, -0.05) is 30.3 Å². The zero-order valence-electron chi connectivity index (χ0n) is 31.5. The van der Waals surface area contributed by atoms with Gasteiger partial charge in [0.1, 0.15) is 55.7 Å². The van der Waals surface area contributed by atoms with E-state index in [0.717, 1.165) is 5.56 Å². The fourth-order valence-electron chi connectivity index (χ4n) is 5.85. The summed E-state index contributed by atoms with van der Waals surface area (Å²) in [5, 5.41) is 35.2. The molecule has 3 atom stereocenters. The Kier molecular flexibility index (Phi) is 16.6. The van der Waals surface area contributed by atoms with Crippen molar-refractivity contribution in [2.75, 3.05) is 52.7 Å². The molecule has 1 heterocycles. The van der Waals surface area contributed by atoms with Crippen molar-refractivity contribution in [3.63, 3.8) is 0 Å². The number of aliphatic carboxylic acids is 1. The third kappa shape index (κ3) is 13.2. The number of carboxylic acid groups (broad SMARTS) is 1. The van der Waals surface area contributed by atoms with E-state index in [4.69, 9.17) is 28.4 Å². The van der Waals surface area contributed by atoms with Crippen LogP contribution in [0.3, 0.4) is 0 Å². The van der Waals surface area contributed by atoms with E-state index >= 15 is 0 Å². The van der Waals surface area contributed by atoms with Crippen LogP contribution in [-0.4, -0.2) is 97.7 Å². The lowest BCUT2D eigenvalue weighted by molar-refractivity contribution is -0.385. The van der Waals surface area contributed by atoms with Gasteiger partial charge in [-0.2, -0.15) is 0 Å². The van der Waals surface area contributed by atoms with Crippen LogP contribution in [0.1, 0.15) is 44.7 Å². The molecule has 0 saturated heterocycles. The molecule has 296 valence electrons. The summed E-state index contributed by atoms with van der Waals surface area (Å²) >= 11 is 0. The molecular weight excluding hydrogens is 714 g/mol. The first-order valence-corrected chi connectivity index (χ1v) is 18.0. The number of allylic oxidation sites excluding steroid dienone is 1. The lowest BCUT2D eigenvalue weighted by Crippen LogP contribution is -2.36. The third-order valence-corrected chi connectivity index (χ3v) is 8.43. The Morgan fingerprint density at radius 1 is 0.873 bits per heavy atom. The molecule has 15 heteroatoms. The maximum Gasteiger partial charge on any atom is 0.336 e. The van der Waals surface area contributed by atoms with Crippen molar-refractivity contribution < 1.29 is 53.1 Å². The lowest BCUT2D eigenvalue weighted by atomic mass is 9.75. The third-order valence-electron chi connectivity index (χ3n) is 8.43. The maximum absolute atomic E-state index is 13.3. The average Bonchev–Trinajstić information content (AvgIpc) is 3.15. The standard InChI is InChI=1S/C40H49N3O12/c1-26(2)51-20-19-50-24-29-9-11-33(12-10-29)55-25-30(44)23-41-17-18-52-31-13-15-32(16-14-31)53-21-22-54-40(47)37-28(4)42-27(3)36(39(45)46)38(37)34-7-5-6-8-35(34)43(48)49/h5-16,26,30,36,38,41,44H,17-25H2,1-4H3,(H,45,46). The summed E-state index contributed by atoms with van der Waals surface area (Å²) in [6.45, 7) is 9.71. The van der Waals surface area contributed by atoms with Crippen LogP contribution in [0.15, 0.2) is 89.1 Å². The minimum atomic E-state index is -1.30. The maximum atomic E-state index is 13.3. The Hall–Kier alpha value is -5.35. The summed E-state index contributed by atoms with van der Waals surface area (Å²) in [4.78, 5) is 41.1. The molecule has 0 aromatic heterocycles. The molecule has 0 aliphatic carbocycles. The number of benzene rings is 3. The molecule has 3 N–H and O–H groups in total. The highest BCUT2D eigenvalue weighted by molar-refractivity contribution is 6.06. The molecule has 0 saturated carbocycles. The molecule has 3 unspecified atom stereocenters. The number of carboxylic acids is 1. The predicted octanol–water partition coefficient (Wildman–Crippen LogP) is 5.10. The van der Waals surface area contributed by atoms with Crippen molar-refractivity contribution in [2.45, 2.75) is 52.4 Å². The van der Waals surface area contributed by atoms with Crippen molar-refractivity contribution >= 4 is 23.3 Å². The molecule has 1 aliphatic heterocycles. The molecule has 15 nitrogen and oxygen atoms in total. The predicted molar refractivity (Wildman–Crippen MR) is 203 cm³/mol. The zero-order valence-corrected chi connectivity index (χ0v) is 31.5. The summed E-state index contributed by atoms with van der Waals surface area (Å²) in [7, 11) is 0.